The predicted molar refractivity (Wildman–Crippen MR) is 107 cm³/mol. The molecule has 0 radical (unpaired) electrons. The first kappa shape index (κ1) is 15.3. The molecule has 4 aliphatic rings. The maximum atomic E-state index is 11.1. The Hall–Kier alpha value is -0.570. The molecule has 154 valence electrons. The van der Waals surface area contributed by atoms with E-state index in [4.69, 9.17) is 10.6 Å². The zero-order chi connectivity index (χ0) is 23.0. The van der Waals surface area contributed by atoms with Crippen LogP contribution in [-0.4, -0.2) is 22.3 Å². The molecule has 0 amide bonds. The predicted octanol–water partition coefficient (Wildman–Crippen LogP) is 5.51. The summed E-state index contributed by atoms with van der Waals surface area (Å²) in [6.45, 7) is 6.75. The number of aliphatic hydroxyl groups is 1. The van der Waals surface area contributed by atoms with Crippen molar-refractivity contribution in [3.8, 4) is 0 Å². The van der Waals surface area contributed by atoms with Crippen molar-refractivity contribution in [2.75, 3.05) is 0 Å². The molecule has 3 heteroatoms. The Morgan fingerprint density at radius 1 is 1.11 bits per heavy atom. The van der Waals surface area contributed by atoms with Crippen molar-refractivity contribution >= 4 is 5.97 Å². The van der Waals surface area contributed by atoms with Gasteiger partial charge in [0, 0.05) is 11.9 Å². The van der Waals surface area contributed by atoms with Gasteiger partial charge in [0.1, 0.15) is 0 Å². The lowest BCUT2D eigenvalue weighted by Crippen LogP contribution is -2.54. The number of rotatable bonds is 4. The van der Waals surface area contributed by atoms with Gasteiger partial charge >= 0.3 is 5.97 Å². The molecule has 3 nitrogen and oxygen atoms in total. The number of hydrogen-bond donors (Lipinski definition) is 2. The van der Waals surface area contributed by atoms with Gasteiger partial charge < -0.3 is 10.2 Å². The van der Waals surface area contributed by atoms with Crippen molar-refractivity contribution in [1.82, 2.24) is 0 Å². The maximum Gasteiger partial charge on any atom is 0.303 e. The van der Waals surface area contributed by atoms with Crippen LogP contribution in [0.2, 0.25) is 0 Å². The zero-order valence-electron chi connectivity index (χ0n) is 21.2. The Kier molecular flexibility index (Phi) is 3.99. The van der Waals surface area contributed by atoms with E-state index in [0.29, 0.717) is 29.6 Å². The van der Waals surface area contributed by atoms with Crippen LogP contribution in [0.1, 0.15) is 96.8 Å². The van der Waals surface area contributed by atoms with Crippen LogP contribution in [0.15, 0.2) is 0 Å². The summed E-state index contributed by atoms with van der Waals surface area (Å²) in [7, 11) is 0. The number of aliphatic carboxylic acids is 1. The lowest BCUT2D eigenvalue weighted by molar-refractivity contribution is -0.138. The SMILES string of the molecule is [2H]C1([2H])C[C@@]2(C)C(CC[C@H]3[C@@H]4CC[C@H]([C@H](C)CCC(=O)O)[C@@]4(C)CC[C@@H]32)C([2H])([2H])[C@@H]1O. The topological polar surface area (TPSA) is 57.5 Å². The quantitative estimate of drug-likeness (QED) is 0.676. The van der Waals surface area contributed by atoms with E-state index in [1.807, 2.05) is 0 Å². The molecule has 4 fully saturated rings. The van der Waals surface area contributed by atoms with Crippen LogP contribution < -0.4 is 0 Å². The minimum absolute atomic E-state index is 0.203. The Bertz CT molecular complexity index is 728. The van der Waals surface area contributed by atoms with Gasteiger partial charge in [-0.05, 0) is 110 Å². The summed E-state index contributed by atoms with van der Waals surface area (Å²) in [5.41, 5.74) is -0.224. The number of carboxylic acid groups (broad SMARTS) is 1. The molecule has 9 atom stereocenters. The van der Waals surface area contributed by atoms with Crippen molar-refractivity contribution in [3.05, 3.63) is 0 Å². The van der Waals surface area contributed by atoms with Crippen LogP contribution in [0.4, 0.5) is 0 Å². The molecule has 4 aliphatic carbocycles. The number of carbonyl (C=O) groups is 1. The average Bonchev–Trinajstić information content (AvgIpc) is 3.01. The summed E-state index contributed by atoms with van der Waals surface area (Å²) in [5, 5.41) is 19.6. The standard InChI is InChI=1S/C24H40O3/c1-15(4-9-22(26)27)19-7-8-20-18-6-5-16-14-17(25)10-12-23(16,2)21(18)11-13-24(19,20)3/h15-21,25H,4-14H2,1-3H3,(H,26,27)/t15-,16?,17-,18+,19-,20+,21+,23+,24-/m1/s1/i10D2,14D2. The van der Waals surface area contributed by atoms with E-state index in [0.717, 1.165) is 44.9 Å². The van der Waals surface area contributed by atoms with Gasteiger partial charge in [-0.1, -0.05) is 20.8 Å². The van der Waals surface area contributed by atoms with Gasteiger partial charge in [-0.2, -0.15) is 0 Å². The van der Waals surface area contributed by atoms with Crippen LogP contribution in [0.25, 0.3) is 0 Å². The van der Waals surface area contributed by atoms with Gasteiger partial charge in [0.05, 0.1) is 6.10 Å². The Labute approximate surface area is 170 Å². The third-order valence-corrected chi connectivity index (χ3v) is 9.48. The molecule has 2 N–H and O–H groups in total. The largest absolute Gasteiger partial charge is 0.481 e. The number of carboxylic acids is 1. The molecule has 27 heavy (non-hydrogen) atoms. The molecular weight excluding hydrogens is 336 g/mol. The van der Waals surface area contributed by atoms with Crippen LogP contribution in [0.5, 0.6) is 0 Å². The fourth-order valence-electron chi connectivity index (χ4n) is 8.08. The molecule has 0 aromatic heterocycles. The number of aliphatic hydroxyl groups excluding tert-OH is 1. The van der Waals surface area contributed by atoms with Crippen molar-refractivity contribution in [2.45, 2.75) is 97.4 Å². The van der Waals surface area contributed by atoms with Crippen LogP contribution in [0.3, 0.4) is 0 Å². The highest BCUT2D eigenvalue weighted by atomic mass is 16.4. The molecule has 1 unspecified atom stereocenters. The van der Waals surface area contributed by atoms with Crippen LogP contribution in [-0.2, 0) is 4.79 Å². The summed E-state index contributed by atoms with van der Waals surface area (Å²) >= 11 is 0. The summed E-state index contributed by atoms with van der Waals surface area (Å²) in [5.74, 6) is 1.26. The Balaban J connectivity index is 1.59. The Morgan fingerprint density at radius 2 is 1.85 bits per heavy atom. The van der Waals surface area contributed by atoms with Crippen molar-refractivity contribution in [3.63, 3.8) is 0 Å². The minimum atomic E-state index is -1.90. The second kappa shape index (κ2) is 7.04. The second-order valence-corrected chi connectivity index (χ2v) is 10.6. The smallest absolute Gasteiger partial charge is 0.303 e. The number of hydrogen-bond acceptors (Lipinski definition) is 2. The van der Waals surface area contributed by atoms with Crippen molar-refractivity contribution < 1.29 is 20.5 Å². The third-order valence-electron chi connectivity index (χ3n) is 9.48. The van der Waals surface area contributed by atoms with Crippen molar-refractivity contribution in [1.29, 1.82) is 0 Å². The van der Waals surface area contributed by atoms with E-state index in [-0.39, 0.29) is 24.2 Å². The molecular formula is C24H40O3. The van der Waals surface area contributed by atoms with E-state index in [9.17, 15) is 9.90 Å². The minimum Gasteiger partial charge on any atom is -0.481 e. The van der Waals surface area contributed by atoms with Crippen LogP contribution in [0, 0.1) is 46.3 Å². The molecule has 0 aliphatic heterocycles. The molecule has 0 aromatic carbocycles. The normalized spacial score (nSPS) is 56.3. The highest BCUT2D eigenvalue weighted by Crippen LogP contribution is 2.68. The first-order valence-corrected chi connectivity index (χ1v) is 11.1. The molecule has 4 saturated carbocycles. The van der Waals surface area contributed by atoms with E-state index >= 15 is 0 Å². The molecule has 4 rings (SSSR count). The molecule has 0 aromatic rings. The second-order valence-electron chi connectivity index (χ2n) is 10.6. The van der Waals surface area contributed by atoms with Crippen molar-refractivity contribution in [2.24, 2.45) is 46.3 Å². The van der Waals surface area contributed by atoms with Gasteiger partial charge in [-0.3, -0.25) is 4.79 Å². The molecule has 0 saturated heterocycles. The fraction of sp³-hybridized carbons (Fsp3) is 0.958. The third kappa shape index (κ3) is 3.16. The van der Waals surface area contributed by atoms with Gasteiger partial charge in [0.25, 0.3) is 0 Å². The highest BCUT2D eigenvalue weighted by Gasteiger charge is 2.60. The summed E-state index contributed by atoms with van der Waals surface area (Å²) < 4.78 is 34.1. The molecule has 0 bridgehead atoms. The maximum absolute atomic E-state index is 11.1. The van der Waals surface area contributed by atoms with Gasteiger partial charge in [0.15, 0.2) is 0 Å². The van der Waals surface area contributed by atoms with E-state index in [1.165, 1.54) is 0 Å². The van der Waals surface area contributed by atoms with E-state index in [1.54, 1.807) is 0 Å². The number of fused-ring (bicyclic) bond motifs is 5. The van der Waals surface area contributed by atoms with E-state index in [2.05, 4.69) is 20.8 Å². The monoisotopic (exact) mass is 380 g/mol. The highest BCUT2D eigenvalue weighted by molar-refractivity contribution is 5.66. The Morgan fingerprint density at radius 3 is 2.59 bits per heavy atom. The van der Waals surface area contributed by atoms with Gasteiger partial charge in [-0.15, -0.1) is 0 Å². The lowest BCUT2D eigenvalue weighted by Gasteiger charge is -2.61. The first-order valence-electron chi connectivity index (χ1n) is 13.1. The van der Waals surface area contributed by atoms with Gasteiger partial charge in [0.2, 0.25) is 0 Å². The molecule has 0 spiro atoms. The van der Waals surface area contributed by atoms with E-state index < -0.39 is 30.2 Å². The molecule has 0 heterocycles. The van der Waals surface area contributed by atoms with Gasteiger partial charge in [-0.25, -0.2) is 0 Å². The van der Waals surface area contributed by atoms with Crippen LogP contribution >= 0.6 is 0 Å². The fourth-order valence-corrected chi connectivity index (χ4v) is 8.08. The average molecular weight is 381 g/mol. The summed E-state index contributed by atoms with van der Waals surface area (Å²) in [6, 6.07) is 0. The zero-order valence-corrected chi connectivity index (χ0v) is 17.2. The lowest BCUT2D eigenvalue weighted by atomic mass is 9.44. The first-order chi connectivity index (χ1) is 14.2. The summed E-state index contributed by atoms with van der Waals surface area (Å²) in [4.78, 5) is 11.1. The summed E-state index contributed by atoms with van der Waals surface area (Å²) in [6.07, 6.45) is 1.91.